The van der Waals surface area contributed by atoms with Crippen LogP contribution in [0.5, 0.6) is 0 Å². The molecule has 0 spiro atoms. The summed E-state index contributed by atoms with van der Waals surface area (Å²) in [7, 11) is 0. The van der Waals surface area contributed by atoms with E-state index in [0.717, 1.165) is 32.1 Å². The second kappa shape index (κ2) is 6.49. The molecule has 4 unspecified atom stereocenters. The van der Waals surface area contributed by atoms with Gasteiger partial charge in [0.25, 0.3) is 0 Å². The van der Waals surface area contributed by atoms with E-state index >= 15 is 0 Å². The summed E-state index contributed by atoms with van der Waals surface area (Å²) < 4.78 is 5.92. The maximum atomic E-state index is 12.0. The highest BCUT2D eigenvalue weighted by Crippen LogP contribution is 2.65. The van der Waals surface area contributed by atoms with E-state index in [2.05, 4.69) is 20.8 Å². The third-order valence-corrected chi connectivity index (χ3v) is 8.42. The quantitative estimate of drug-likeness (QED) is 0.657. The molecule has 0 heterocycles. The lowest BCUT2D eigenvalue weighted by atomic mass is 9.47. The summed E-state index contributed by atoms with van der Waals surface area (Å²) in [5.41, 5.74) is 1.57. The molecule has 26 heavy (non-hydrogen) atoms. The third-order valence-electron chi connectivity index (χ3n) is 8.42. The maximum absolute atomic E-state index is 12.0. The van der Waals surface area contributed by atoms with Crippen LogP contribution in [0.1, 0.15) is 72.6 Å². The molecule has 3 saturated carbocycles. The van der Waals surface area contributed by atoms with Crippen molar-refractivity contribution in [3.63, 3.8) is 0 Å². The Bertz CT molecular complexity index is 635. The molecule has 3 nitrogen and oxygen atoms in total. The summed E-state index contributed by atoms with van der Waals surface area (Å²) in [6.07, 6.45) is 8.82. The highest BCUT2D eigenvalue weighted by atomic mass is 16.5. The largest absolute Gasteiger partial charge is 0.462 e. The number of hydrogen-bond acceptors (Lipinski definition) is 3. The maximum Gasteiger partial charge on any atom is 0.305 e. The molecule has 0 amide bonds. The second-order valence-electron chi connectivity index (χ2n) is 9.87. The fraction of sp³-hybridized carbons (Fsp3) is 0.826. The number of ketones is 1. The first kappa shape index (κ1) is 18.3. The van der Waals surface area contributed by atoms with Crippen molar-refractivity contribution in [3.05, 3.63) is 11.6 Å². The minimum atomic E-state index is -0.0423. The van der Waals surface area contributed by atoms with Crippen molar-refractivity contribution in [1.82, 2.24) is 0 Å². The number of esters is 1. The summed E-state index contributed by atoms with van der Waals surface area (Å²) in [5.74, 6) is 4.24. The standard InChI is InChI=1S/C23H34O3/c1-5-20(25)26-19-9-8-18-22-13(2)10-15-11-16(24)6-7-17(15)21(22)14(3)12-23(18,19)4/h11,13-14,17-19,21-22H,5-10,12H2,1-4H3/t13-,14+,17?,18?,19+,21?,22?,23+/m1/s1. The fourth-order valence-corrected chi connectivity index (χ4v) is 7.52. The summed E-state index contributed by atoms with van der Waals surface area (Å²) in [5, 5.41) is 0. The predicted octanol–water partition coefficient (Wildman–Crippen LogP) is 4.94. The van der Waals surface area contributed by atoms with Gasteiger partial charge < -0.3 is 4.74 Å². The Morgan fingerprint density at radius 3 is 2.69 bits per heavy atom. The Labute approximate surface area is 157 Å². The average Bonchev–Trinajstić information content (AvgIpc) is 2.90. The van der Waals surface area contributed by atoms with Gasteiger partial charge >= 0.3 is 5.97 Å². The Kier molecular flexibility index (Phi) is 4.56. The molecule has 0 aromatic carbocycles. The molecule has 0 bridgehead atoms. The van der Waals surface area contributed by atoms with Crippen LogP contribution in [-0.4, -0.2) is 17.9 Å². The lowest BCUT2D eigenvalue weighted by Gasteiger charge is -2.58. The van der Waals surface area contributed by atoms with Crippen molar-refractivity contribution in [3.8, 4) is 0 Å². The van der Waals surface area contributed by atoms with E-state index in [-0.39, 0.29) is 17.5 Å². The normalized spacial score (nSPS) is 47.5. The van der Waals surface area contributed by atoms with Crippen LogP contribution >= 0.6 is 0 Å². The van der Waals surface area contributed by atoms with Crippen LogP contribution in [0.2, 0.25) is 0 Å². The van der Waals surface area contributed by atoms with Crippen molar-refractivity contribution in [1.29, 1.82) is 0 Å². The van der Waals surface area contributed by atoms with Crippen molar-refractivity contribution in [2.45, 2.75) is 78.7 Å². The molecule has 3 fully saturated rings. The molecule has 4 aliphatic rings. The van der Waals surface area contributed by atoms with Gasteiger partial charge in [-0.1, -0.05) is 33.3 Å². The summed E-state index contributed by atoms with van der Waals surface area (Å²) >= 11 is 0. The number of rotatable bonds is 2. The topological polar surface area (TPSA) is 43.4 Å². The number of fused-ring (bicyclic) bond motifs is 5. The molecule has 3 heteroatoms. The molecule has 0 N–H and O–H groups in total. The van der Waals surface area contributed by atoms with Gasteiger partial charge in [-0.25, -0.2) is 0 Å². The molecular weight excluding hydrogens is 324 g/mol. The number of ether oxygens (including phenoxy) is 1. The van der Waals surface area contributed by atoms with Crippen LogP contribution in [0.4, 0.5) is 0 Å². The van der Waals surface area contributed by atoms with E-state index in [0.29, 0.717) is 47.7 Å². The lowest BCUT2D eigenvalue weighted by molar-refractivity contribution is -0.162. The van der Waals surface area contributed by atoms with E-state index in [4.69, 9.17) is 4.74 Å². The van der Waals surface area contributed by atoms with Gasteiger partial charge in [-0.15, -0.1) is 0 Å². The summed E-state index contributed by atoms with van der Waals surface area (Å²) in [6, 6.07) is 0. The first-order chi connectivity index (χ1) is 12.3. The van der Waals surface area contributed by atoms with E-state index in [9.17, 15) is 9.59 Å². The number of carbonyl (C=O) groups is 2. The smallest absolute Gasteiger partial charge is 0.305 e. The van der Waals surface area contributed by atoms with Crippen molar-refractivity contribution in [2.75, 3.05) is 0 Å². The molecule has 0 aromatic heterocycles. The van der Waals surface area contributed by atoms with Gasteiger partial charge in [-0.05, 0) is 73.7 Å². The molecule has 0 aromatic rings. The van der Waals surface area contributed by atoms with Crippen LogP contribution < -0.4 is 0 Å². The molecule has 0 aliphatic heterocycles. The van der Waals surface area contributed by atoms with Gasteiger partial charge in [0, 0.05) is 18.3 Å². The second-order valence-corrected chi connectivity index (χ2v) is 9.87. The zero-order valence-corrected chi connectivity index (χ0v) is 16.8. The molecule has 144 valence electrons. The van der Waals surface area contributed by atoms with Gasteiger partial charge in [-0.3, -0.25) is 9.59 Å². The summed E-state index contributed by atoms with van der Waals surface area (Å²) in [6.45, 7) is 9.10. The monoisotopic (exact) mass is 358 g/mol. The predicted molar refractivity (Wildman–Crippen MR) is 101 cm³/mol. The highest BCUT2D eigenvalue weighted by Gasteiger charge is 2.60. The Morgan fingerprint density at radius 2 is 1.96 bits per heavy atom. The van der Waals surface area contributed by atoms with Crippen molar-refractivity contribution >= 4 is 11.8 Å². The number of hydrogen-bond donors (Lipinski definition) is 0. The zero-order chi connectivity index (χ0) is 18.6. The molecular formula is C23H34O3. The molecule has 8 atom stereocenters. The minimum Gasteiger partial charge on any atom is -0.462 e. The molecule has 0 saturated heterocycles. The first-order valence-corrected chi connectivity index (χ1v) is 10.8. The van der Waals surface area contributed by atoms with Crippen LogP contribution in [0.25, 0.3) is 0 Å². The lowest BCUT2D eigenvalue weighted by Crippen LogP contribution is -2.53. The van der Waals surface area contributed by atoms with Crippen molar-refractivity contribution in [2.24, 2.45) is 40.9 Å². The van der Waals surface area contributed by atoms with Gasteiger partial charge in [0.1, 0.15) is 6.10 Å². The van der Waals surface area contributed by atoms with Crippen LogP contribution in [0, 0.1) is 40.9 Å². The van der Waals surface area contributed by atoms with Crippen LogP contribution in [0.3, 0.4) is 0 Å². The summed E-state index contributed by atoms with van der Waals surface area (Å²) in [4.78, 5) is 23.9. The minimum absolute atomic E-state index is 0.0423. The highest BCUT2D eigenvalue weighted by molar-refractivity contribution is 5.91. The molecule has 0 radical (unpaired) electrons. The van der Waals surface area contributed by atoms with E-state index in [1.807, 2.05) is 13.0 Å². The Hall–Kier alpha value is -1.12. The van der Waals surface area contributed by atoms with Gasteiger partial charge in [0.05, 0.1) is 0 Å². The SMILES string of the molecule is CCC(=O)O[C@H]1CCC2C3C(C4CCC(=O)C=C4C[C@H]3C)[C@@H](C)C[C@@]21C. The first-order valence-electron chi connectivity index (χ1n) is 10.8. The van der Waals surface area contributed by atoms with Gasteiger partial charge in [0.2, 0.25) is 0 Å². The Morgan fingerprint density at radius 1 is 1.19 bits per heavy atom. The third kappa shape index (κ3) is 2.68. The van der Waals surface area contributed by atoms with E-state index in [1.54, 1.807) is 0 Å². The number of carbonyl (C=O) groups excluding carboxylic acids is 2. The Balaban J connectivity index is 1.64. The average molecular weight is 359 g/mol. The molecule has 4 aliphatic carbocycles. The van der Waals surface area contributed by atoms with Gasteiger partial charge in [0.15, 0.2) is 5.78 Å². The van der Waals surface area contributed by atoms with Crippen molar-refractivity contribution < 1.29 is 14.3 Å². The number of allylic oxidation sites excluding steroid dienone is 1. The fourth-order valence-electron chi connectivity index (χ4n) is 7.52. The van der Waals surface area contributed by atoms with Crippen LogP contribution in [-0.2, 0) is 14.3 Å². The van der Waals surface area contributed by atoms with E-state index < -0.39 is 0 Å². The molecule has 4 rings (SSSR count). The van der Waals surface area contributed by atoms with Gasteiger partial charge in [-0.2, -0.15) is 0 Å². The zero-order valence-electron chi connectivity index (χ0n) is 16.8. The van der Waals surface area contributed by atoms with E-state index in [1.165, 1.54) is 12.0 Å². The van der Waals surface area contributed by atoms with Crippen LogP contribution in [0.15, 0.2) is 11.6 Å².